The van der Waals surface area contributed by atoms with Crippen molar-refractivity contribution in [3.63, 3.8) is 0 Å². The molecule has 1 N–H and O–H groups in total. The second-order valence-electron chi connectivity index (χ2n) is 5.32. The van der Waals surface area contributed by atoms with Crippen molar-refractivity contribution in [3.8, 4) is 0 Å². The van der Waals surface area contributed by atoms with Gasteiger partial charge >= 0.3 is 6.03 Å². The minimum atomic E-state index is 0.0951. The second-order valence-corrected chi connectivity index (χ2v) is 5.32. The van der Waals surface area contributed by atoms with Crippen LogP contribution < -0.4 is 5.32 Å². The Bertz CT molecular complexity index is 429. The third kappa shape index (κ3) is 2.89. The molecule has 4 heteroatoms. The number of nitrogens with one attached hydrogen (secondary N) is 1. The Kier molecular flexibility index (Phi) is 3.69. The van der Waals surface area contributed by atoms with Crippen LogP contribution in [0.15, 0.2) is 30.3 Å². The average Bonchev–Trinajstić information content (AvgIpc) is 2.40. The van der Waals surface area contributed by atoms with E-state index in [1.54, 1.807) is 0 Å². The van der Waals surface area contributed by atoms with Gasteiger partial charge in [-0.1, -0.05) is 30.3 Å². The highest BCUT2D eigenvalue weighted by Gasteiger charge is 2.37. The van der Waals surface area contributed by atoms with Gasteiger partial charge in [-0.2, -0.15) is 0 Å². The van der Waals surface area contributed by atoms with E-state index in [4.69, 9.17) is 4.74 Å². The number of carbonyl (C=O) groups is 1. The van der Waals surface area contributed by atoms with Gasteiger partial charge in [-0.25, -0.2) is 4.79 Å². The van der Waals surface area contributed by atoms with Crippen LogP contribution in [0.5, 0.6) is 0 Å². The molecule has 0 spiro atoms. The number of nitrogens with zero attached hydrogens (tertiary/aromatic N) is 1. The van der Waals surface area contributed by atoms with Crippen LogP contribution in [0, 0.1) is 0 Å². The van der Waals surface area contributed by atoms with E-state index in [0.29, 0.717) is 18.8 Å². The van der Waals surface area contributed by atoms with Gasteiger partial charge in [0.15, 0.2) is 0 Å². The summed E-state index contributed by atoms with van der Waals surface area (Å²) in [4.78, 5) is 13.7. The van der Waals surface area contributed by atoms with Crippen LogP contribution in [0.2, 0.25) is 0 Å². The molecule has 3 rings (SSSR count). The number of urea groups is 1. The molecule has 1 saturated carbocycles. The van der Waals surface area contributed by atoms with E-state index >= 15 is 0 Å². The lowest BCUT2D eigenvalue weighted by Gasteiger charge is -2.44. The van der Waals surface area contributed by atoms with Gasteiger partial charge in [-0.3, -0.25) is 0 Å². The van der Waals surface area contributed by atoms with Crippen LogP contribution in [0.25, 0.3) is 0 Å². The Morgan fingerprint density at radius 3 is 2.79 bits per heavy atom. The first-order valence-electron chi connectivity index (χ1n) is 7.03. The smallest absolute Gasteiger partial charge is 0.317 e. The minimum Gasteiger partial charge on any atom is -0.373 e. The summed E-state index contributed by atoms with van der Waals surface area (Å²) in [6.45, 7) is 2.38. The van der Waals surface area contributed by atoms with Gasteiger partial charge < -0.3 is 15.0 Å². The zero-order valence-electron chi connectivity index (χ0n) is 11.0. The number of amides is 2. The van der Waals surface area contributed by atoms with Crippen molar-refractivity contribution >= 4 is 6.03 Å². The Morgan fingerprint density at radius 1 is 1.26 bits per heavy atom. The van der Waals surface area contributed by atoms with Crippen molar-refractivity contribution in [2.75, 3.05) is 13.1 Å². The first-order chi connectivity index (χ1) is 9.33. The van der Waals surface area contributed by atoms with Gasteiger partial charge in [0, 0.05) is 19.1 Å². The molecule has 2 amide bonds. The molecule has 1 aromatic carbocycles. The van der Waals surface area contributed by atoms with Gasteiger partial charge in [0.2, 0.25) is 0 Å². The molecule has 0 atom stereocenters. The summed E-state index contributed by atoms with van der Waals surface area (Å²) in [7, 11) is 0. The molecule has 4 nitrogen and oxygen atoms in total. The first kappa shape index (κ1) is 12.5. The van der Waals surface area contributed by atoms with E-state index in [2.05, 4.69) is 17.4 Å². The second kappa shape index (κ2) is 5.61. The number of hydrogen-bond donors (Lipinski definition) is 1. The molecule has 1 heterocycles. The highest BCUT2D eigenvalue weighted by molar-refractivity contribution is 5.75. The van der Waals surface area contributed by atoms with Crippen LogP contribution in [-0.4, -0.2) is 36.2 Å². The van der Waals surface area contributed by atoms with Crippen molar-refractivity contribution in [2.24, 2.45) is 0 Å². The third-order valence-corrected chi connectivity index (χ3v) is 3.95. The Balaban J connectivity index is 1.42. The Hall–Kier alpha value is -1.55. The summed E-state index contributed by atoms with van der Waals surface area (Å²) in [6.07, 6.45) is 3.30. The van der Waals surface area contributed by atoms with Crippen LogP contribution in [0.4, 0.5) is 4.79 Å². The monoisotopic (exact) mass is 260 g/mol. The molecule has 1 saturated heterocycles. The van der Waals surface area contributed by atoms with Crippen molar-refractivity contribution in [1.29, 1.82) is 0 Å². The average molecular weight is 260 g/mol. The number of ether oxygens (including phenoxy) is 1. The number of benzene rings is 1. The number of rotatable bonds is 4. The topological polar surface area (TPSA) is 41.6 Å². The van der Waals surface area contributed by atoms with E-state index < -0.39 is 0 Å². The fourth-order valence-electron chi connectivity index (χ4n) is 2.71. The molecule has 0 radical (unpaired) electrons. The highest BCUT2D eigenvalue weighted by Crippen LogP contribution is 2.29. The van der Waals surface area contributed by atoms with Gasteiger partial charge in [-0.15, -0.1) is 0 Å². The maximum absolute atomic E-state index is 11.7. The molecule has 1 aliphatic carbocycles. The molecule has 0 aromatic heterocycles. The maximum Gasteiger partial charge on any atom is 0.317 e. The normalized spacial score (nSPS) is 26.7. The Labute approximate surface area is 113 Å². The molecule has 0 bridgehead atoms. The highest BCUT2D eigenvalue weighted by atomic mass is 16.5. The molecular weight excluding hydrogens is 240 g/mol. The standard InChI is InChI=1S/C15H20N2O2/c18-15-16-7-4-8-17(15)13-9-14(10-13)19-11-12-5-2-1-3-6-12/h1-3,5-6,13-14H,4,7-11H2,(H,16,18). The fourth-order valence-corrected chi connectivity index (χ4v) is 2.71. The molecular formula is C15H20N2O2. The SMILES string of the molecule is O=C1NCCCN1C1CC(OCc2ccccc2)C1. The van der Waals surface area contributed by atoms with E-state index in [1.807, 2.05) is 23.1 Å². The first-order valence-corrected chi connectivity index (χ1v) is 7.03. The predicted octanol–water partition coefficient (Wildman–Crippen LogP) is 2.15. The zero-order chi connectivity index (χ0) is 13.1. The predicted molar refractivity (Wildman–Crippen MR) is 72.8 cm³/mol. The summed E-state index contributed by atoms with van der Waals surface area (Å²) in [5, 5.41) is 2.90. The summed E-state index contributed by atoms with van der Waals surface area (Å²) in [5.74, 6) is 0. The lowest BCUT2D eigenvalue weighted by molar-refractivity contribution is -0.0507. The van der Waals surface area contributed by atoms with Crippen LogP contribution in [0.1, 0.15) is 24.8 Å². The van der Waals surface area contributed by atoms with E-state index in [9.17, 15) is 4.79 Å². The molecule has 1 aliphatic heterocycles. The Morgan fingerprint density at radius 2 is 2.05 bits per heavy atom. The molecule has 1 aromatic rings. The number of hydrogen-bond acceptors (Lipinski definition) is 2. The fraction of sp³-hybridized carbons (Fsp3) is 0.533. The third-order valence-electron chi connectivity index (χ3n) is 3.95. The summed E-state index contributed by atoms with van der Waals surface area (Å²) in [5.41, 5.74) is 1.21. The van der Waals surface area contributed by atoms with Crippen molar-refractivity contribution in [3.05, 3.63) is 35.9 Å². The van der Waals surface area contributed by atoms with Crippen LogP contribution in [0.3, 0.4) is 0 Å². The zero-order valence-corrected chi connectivity index (χ0v) is 11.0. The maximum atomic E-state index is 11.7. The summed E-state index contributed by atoms with van der Waals surface area (Å²) in [6, 6.07) is 10.7. The molecule has 0 unspecified atom stereocenters. The van der Waals surface area contributed by atoms with E-state index in [0.717, 1.165) is 32.4 Å². The van der Waals surface area contributed by atoms with Gasteiger partial charge in [0.1, 0.15) is 0 Å². The van der Waals surface area contributed by atoms with Crippen LogP contribution >= 0.6 is 0 Å². The van der Waals surface area contributed by atoms with Gasteiger partial charge in [0.25, 0.3) is 0 Å². The van der Waals surface area contributed by atoms with Gasteiger partial charge in [-0.05, 0) is 24.8 Å². The van der Waals surface area contributed by atoms with E-state index in [-0.39, 0.29) is 6.03 Å². The van der Waals surface area contributed by atoms with Crippen LogP contribution in [-0.2, 0) is 11.3 Å². The summed E-state index contributed by atoms with van der Waals surface area (Å²) < 4.78 is 5.86. The number of carbonyl (C=O) groups excluding carboxylic acids is 1. The lowest BCUT2D eigenvalue weighted by Crippen LogP contribution is -2.56. The minimum absolute atomic E-state index is 0.0951. The largest absolute Gasteiger partial charge is 0.373 e. The lowest BCUT2D eigenvalue weighted by atomic mass is 9.87. The summed E-state index contributed by atoms with van der Waals surface area (Å²) >= 11 is 0. The van der Waals surface area contributed by atoms with Crippen molar-refractivity contribution in [1.82, 2.24) is 10.2 Å². The molecule has 102 valence electrons. The molecule has 2 aliphatic rings. The van der Waals surface area contributed by atoms with Crippen molar-refractivity contribution < 1.29 is 9.53 Å². The molecule has 19 heavy (non-hydrogen) atoms. The quantitative estimate of drug-likeness (QED) is 0.901. The van der Waals surface area contributed by atoms with Crippen molar-refractivity contribution in [2.45, 2.75) is 38.0 Å². The van der Waals surface area contributed by atoms with E-state index in [1.165, 1.54) is 5.56 Å². The van der Waals surface area contributed by atoms with Gasteiger partial charge in [0.05, 0.1) is 12.7 Å². The molecule has 2 fully saturated rings.